The number of aromatic nitrogens is 3. The number of aromatic amines is 1. The van der Waals surface area contributed by atoms with Crippen LogP contribution in [0.3, 0.4) is 0 Å². The van der Waals surface area contributed by atoms with Crippen LogP contribution in [0.15, 0.2) is 64.4 Å². The lowest BCUT2D eigenvalue weighted by Crippen LogP contribution is -2.11. The summed E-state index contributed by atoms with van der Waals surface area (Å²) in [5, 5.41) is 10.4. The monoisotopic (exact) mass is 526 g/mol. The number of halogens is 1. The minimum atomic E-state index is 0.547. The Balaban J connectivity index is 1.85. The number of hydrogen-bond donors (Lipinski definition) is 2. The summed E-state index contributed by atoms with van der Waals surface area (Å²) >= 11 is 6.60. The topological polar surface area (TPSA) is 70.4 Å². The van der Waals surface area contributed by atoms with Gasteiger partial charge in [-0.1, -0.05) is 56.6 Å². The summed E-state index contributed by atoms with van der Waals surface area (Å²) in [5.74, 6) is 0. The van der Waals surface area contributed by atoms with Gasteiger partial charge in [0.2, 0.25) is 0 Å². The summed E-state index contributed by atoms with van der Waals surface area (Å²) < 4.78 is 2.18. The molecule has 7 heteroatoms. The van der Waals surface area contributed by atoms with E-state index in [2.05, 4.69) is 77.2 Å². The third-order valence-corrected chi connectivity index (χ3v) is 7.53. The molecule has 5 rings (SSSR count). The Labute approximate surface area is 229 Å². The Bertz CT molecular complexity index is 1530. The van der Waals surface area contributed by atoms with E-state index in [0.717, 1.165) is 70.5 Å². The lowest BCUT2D eigenvalue weighted by Gasteiger charge is -2.17. The quantitative estimate of drug-likeness (QED) is 0.288. The van der Waals surface area contributed by atoms with Gasteiger partial charge in [-0.25, -0.2) is 4.68 Å². The summed E-state index contributed by atoms with van der Waals surface area (Å²) in [5.41, 5.74) is 11.1. The van der Waals surface area contributed by atoms with Crippen molar-refractivity contribution in [1.29, 1.82) is 0 Å². The molecule has 4 aromatic rings. The van der Waals surface area contributed by atoms with Gasteiger partial charge in [-0.05, 0) is 55.5 Å². The molecule has 1 aliphatic heterocycles. The van der Waals surface area contributed by atoms with Crippen molar-refractivity contribution in [3.05, 3.63) is 81.8 Å². The van der Waals surface area contributed by atoms with Crippen LogP contribution < -0.4 is 5.32 Å². The van der Waals surface area contributed by atoms with Crippen molar-refractivity contribution in [3.8, 4) is 16.9 Å². The summed E-state index contributed by atoms with van der Waals surface area (Å²) in [7, 11) is 0. The molecule has 0 aliphatic carbocycles. The van der Waals surface area contributed by atoms with Gasteiger partial charge >= 0.3 is 0 Å². The van der Waals surface area contributed by atoms with Gasteiger partial charge in [0.05, 0.1) is 40.5 Å². The number of allylic oxidation sites excluding steroid dienone is 2. The molecule has 2 N–H and O–H groups in total. The van der Waals surface area contributed by atoms with Gasteiger partial charge < -0.3 is 10.3 Å². The predicted molar refractivity (Wildman–Crippen MR) is 160 cm³/mol. The Morgan fingerprint density at radius 2 is 1.79 bits per heavy atom. The second kappa shape index (κ2) is 11.4. The van der Waals surface area contributed by atoms with Crippen LogP contribution in [0, 0.1) is 0 Å². The molecule has 0 amide bonds. The van der Waals surface area contributed by atoms with Crippen LogP contribution in [0.2, 0.25) is 5.02 Å². The molecular formula is C31H35ClN6. The minimum Gasteiger partial charge on any atom is -0.360 e. The van der Waals surface area contributed by atoms with Gasteiger partial charge in [0.25, 0.3) is 0 Å². The minimum absolute atomic E-state index is 0.547. The molecular weight excluding hydrogens is 492 g/mol. The highest BCUT2D eigenvalue weighted by Crippen LogP contribution is 2.38. The van der Waals surface area contributed by atoms with E-state index in [-0.39, 0.29) is 0 Å². The summed E-state index contributed by atoms with van der Waals surface area (Å²) in [6, 6.07) is 12.8. The number of hydrogen-bond acceptors (Lipinski definition) is 4. The molecule has 0 atom stereocenters. The van der Waals surface area contributed by atoms with E-state index < -0.39 is 0 Å². The van der Waals surface area contributed by atoms with Crippen molar-refractivity contribution in [2.75, 3.05) is 6.54 Å². The lowest BCUT2D eigenvalue weighted by molar-refractivity contribution is 0.805. The van der Waals surface area contributed by atoms with Crippen LogP contribution in [0.5, 0.6) is 0 Å². The molecule has 0 spiro atoms. The van der Waals surface area contributed by atoms with Crippen LogP contribution in [0.25, 0.3) is 27.8 Å². The number of aliphatic imine (C=N–C) groups is 2. The molecule has 0 saturated carbocycles. The maximum absolute atomic E-state index is 6.60. The van der Waals surface area contributed by atoms with Gasteiger partial charge in [-0.3, -0.25) is 9.98 Å². The Hall–Kier alpha value is -3.64. The van der Waals surface area contributed by atoms with Gasteiger partial charge in [0, 0.05) is 47.1 Å². The molecule has 0 saturated heterocycles. The molecule has 38 heavy (non-hydrogen) atoms. The lowest BCUT2D eigenvalue weighted by atomic mass is 9.99. The fourth-order valence-electron chi connectivity index (χ4n) is 5.23. The Kier molecular flexibility index (Phi) is 7.79. The largest absolute Gasteiger partial charge is 0.360 e. The maximum atomic E-state index is 6.60. The first-order valence-electron chi connectivity index (χ1n) is 13.5. The molecule has 196 valence electrons. The fourth-order valence-corrected chi connectivity index (χ4v) is 5.45. The van der Waals surface area contributed by atoms with Crippen molar-refractivity contribution < 1.29 is 0 Å². The van der Waals surface area contributed by atoms with Crippen LogP contribution >= 0.6 is 11.6 Å². The molecule has 3 heterocycles. The van der Waals surface area contributed by atoms with E-state index in [1.807, 2.05) is 19.2 Å². The summed E-state index contributed by atoms with van der Waals surface area (Å²) in [6.07, 6.45) is 9.25. The van der Waals surface area contributed by atoms with E-state index in [9.17, 15) is 0 Å². The summed E-state index contributed by atoms with van der Waals surface area (Å²) in [4.78, 5) is 13.0. The van der Waals surface area contributed by atoms with Gasteiger partial charge in [0.1, 0.15) is 0 Å². The third kappa shape index (κ3) is 4.93. The highest BCUT2D eigenvalue weighted by Gasteiger charge is 2.24. The second-order valence-electron chi connectivity index (χ2n) is 9.60. The van der Waals surface area contributed by atoms with Crippen molar-refractivity contribution in [2.24, 2.45) is 9.98 Å². The SMILES string of the molecule is CCC1=NCc2c(nn(-c3c(CC)cccc3CC)c2-c2ccc(Cl)c3[nH]ccc23)CCN=CN/C(C)=C\1. The molecule has 2 aromatic heterocycles. The van der Waals surface area contributed by atoms with Crippen molar-refractivity contribution in [2.45, 2.75) is 59.9 Å². The van der Waals surface area contributed by atoms with Gasteiger partial charge in [0.15, 0.2) is 0 Å². The fraction of sp³-hybridized carbons (Fsp3) is 0.323. The zero-order valence-electron chi connectivity index (χ0n) is 22.6. The first kappa shape index (κ1) is 26.0. The number of rotatable bonds is 5. The number of benzene rings is 2. The smallest absolute Gasteiger partial charge is 0.0865 e. The maximum Gasteiger partial charge on any atom is 0.0865 e. The summed E-state index contributed by atoms with van der Waals surface area (Å²) in [6.45, 7) is 9.79. The molecule has 0 bridgehead atoms. The van der Waals surface area contributed by atoms with Crippen LogP contribution in [0.4, 0.5) is 0 Å². The molecule has 2 aromatic carbocycles. The van der Waals surface area contributed by atoms with E-state index >= 15 is 0 Å². The molecule has 0 unspecified atom stereocenters. The predicted octanol–water partition coefficient (Wildman–Crippen LogP) is 7.23. The number of nitrogens with zero attached hydrogens (tertiary/aromatic N) is 4. The van der Waals surface area contributed by atoms with E-state index in [1.54, 1.807) is 6.34 Å². The average Bonchev–Trinajstić information content (AvgIpc) is 3.56. The molecule has 0 fully saturated rings. The zero-order chi connectivity index (χ0) is 26.6. The molecule has 1 aliphatic rings. The van der Waals surface area contributed by atoms with Crippen LogP contribution in [0.1, 0.15) is 56.5 Å². The van der Waals surface area contributed by atoms with Crippen LogP contribution in [-0.4, -0.2) is 33.4 Å². The van der Waals surface area contributed by atoms with E-state index in [0.29, 0.717) is 18.1 Å². The number of fused-ring (bicyclic) bond motifs is 2. The van der Waals surface area contributed by atoms with Crippen molar-refractivity contribution in [1.82, 2.24) is 20.1 Å². The molecule has 6 nitrogen and oxygen atoms in total. The highest BCUT2D eigenvalue weighted by atomic mass is 35.5. The Morgan fingerprint density at radius 3 is 2.53 bits per heavy atom. The van der Waals surface area contributed by atoms with Crippen molar-refractivity contribution in [3.63, 3.8) is 0 Å². The standard InChI is InChI=1S/C31H35ClN6/c1-5-21-9-8-10-22(6-2)30(21)38-31(25-11-12-27(32)29-24(25)13-16-34-29)26-18-35-23(7-3)17-20(4)36-19-33-15-14-28(26)37-38/h8-13,16-17,19,34H,5-7,14-15,18H2,1-4H3,(H,33,36)/b20-17-,35-23?. The number of nitrogens with one attached hydrogen (secondary N) is 2. The van der Waals surface area contributed by atoms with E-state index in [1.165, 1.54) is 16.8 Å². The average molecular weight is 527 g/mol. The third-order valence-electron chi connectivity index (χ3n) is 7.22. The van der Waals surface area contributed by atoms with Gasteiger partial charge in [-0.15, -0.1) is 0 Å². The number of para-hydroxylation sites is 1. The van der Waals surface area contributed by atoms with Crippen molar-refractivity contribution >= 4 is 34.6 Å². The highest BCUT2D eigenvalue weighted by molar-refractivity contribution is 6.35. The van der Waals surface area contributed by atoms with Gasteiger partial charge in [-0.2, -0.15) is 5.10 Å². The normalized spacial score (nSPS) is 15.7. The first-order chi connectivity index (χ1) is 18.5. The Morgan fingerprint density at radius 1 is 1.00 bits per heavy atom. The number of H-pyrrole nitrogens is 1. The molecule has 0 radical (unpaired) electrons. The first-order valence-corrected chi connectivity index (χ1v) is 13.9. The second-order valence-corrected chi connectivity index (χ2v) is 10.0. The zero-order valence-corrected chi connectivity index (χ0v) is 23.4. The number of aryl methyl sites for hydroxylation is 2. The van der Waals surface area contributed by atoms with E-state index in [4.69, 9.17) is 21.7 Å². The van der Waals surface area contributed by atoms with Crippen LogP contribution in [-0.2, 0) is 25.8 Å².